The molecule has 2 amide bonds. The van der Waals surface area contributed by atoms with Crippen molar-refractivity contribution in [2.75, 3.05) is 25.5 Å². The zero-order chi connectivity index (χ0) is 21.3. The topological polar surface area (TPSA) is 106 Å². The highest BCUT2D eigenvalue weighted by Crippen LogP contribution is 2.30. The number of ether oxygens (including phenoxy) is 1. The number of carbonyl (C=O) groups is 2. The van der Waals surface area contributed by atoms with Crippen LogP contribution in [0.2, 0.25) is 0 Å². The maximum Gasteiger partial charge on any atom is 0.269 e. The molecule has 0 spiro atoms. The van der Waals surface area contributed by atoms with E-state index in [1.807, 2.05) is 6.08 Å². The Hall–Kier alpha value is -3.37. The molecular formula is C20H20FN5O4. The molecule has 1 unspecified atom stereocenters. The molecule has 2 aromatic rings. The third kappa shape index (κ3) is 4.00. The predicted octanol–water partition coefficient (Wildman–Crippen LogP) is 1.53. The van der Waals surface area contributed by atoms with Crippen LogP contribution in [-0.4, -0.2) is 53.1 Å². The molecule has 2 aliphatic heterocycles. The first kappa shape index (κ1) is 19.9. The Labute approximate surface area is 171 Å². The van der Waals surface area contributed by atoms with E-state index in [9.17, 15) is 14.0 Å². The summed E-state index contributed by atoms with van der Waals surface area (Å²) in [5, 5.41) is 6.87. The summed E-state index contributed by atoms with van der Waals surface area (Å²) in [6, 6.07) is 4.73. The molecule has 0 bridgehead atoms. The van der Waals surface area contributed by atoms with Gasteiger partial charge < -0.3 is 15.4 Å². The minimum Gasteiger partial charge on any atom is -0.477 e. The standard InChI is InChI=1S/C20H20FN5O4/c1-11-19(27)25-16-7-13(23-8-17(16)30-11)9-26-6-5-12(10-29-26)14-3-4-15(20(28)22-2)24-18(14)21/h3-5,7-8,11H,6,9-10H2,1-2H3,(H,22,28)(H,25,27). The highest BCUT2D eigenvalue weighted by Gasteiger charge is 2.25. The Morgan fingerprint density at radius 1 is 1.43 bits per heavy atom. The van der Waals surface area contributed by atoms with Crippen molar-refractivity contribution in [3.05, 3.63) is 53.4 Å². The van der Waals surface area contributed by atoms with Crippen LogP contribution < -0.4 is 15.4 Å². The number of rotatable bonds is 4. The number of nitrogens with zero attached hydrogens (tertiary/aromatic N) is 3. The van der Waals surface area contributed by atoms with Crippen molar-refractivity contribution in [1.29, 1.82) is 0 Å². The summed E-state index contributed by atoms with van der Waals surface area (Å²) in [4.78, 5) is 37.1. The van der Waals surface area contributed by atoms with Gasteiger partial charge in [-0.3, -0.25) is 19.4 Å². The van der Waals surface area contributed by atoms with Crippen LogP contribution in [-0.2, 0) is 16.2 Å². The molecule has 30 heavy (non-hydrogen) atoms. The van der Waals surface area contributed by atoms with Gasteiger partial charge in [0.2, 0.25) is 5.95 Å². The molecule has 0 fully saturated rings. The van der Waals surface area contributed by atoms with Crippen molar-refractivity contribution >= 4 is 23.1 Å². The molecule has 10 heteroatoms. The minimum absolute atomic E-state index is 0.0154. The average molecular weight is 413 g/mol. The first-order chi connectivity index (χ1) is 14.4. The molecule has 4 heterocycles. The average Bonchev–Trinajstić information content (AvgIpc) is 2.75. The Kier molecular flexibility index (Phi) is 5.42. The van der Waals surface area contributed by atoms with E-state index in [1.54, 1.807) is 24.3 Å². The summed E-state index contributed by atoms with van der Waals surface area (Å²) in [6.07, 6.45) is 2.86. The van der Waals surface area contributed by atoms with E-state index >= 15 is 0 Å². The van der Waals surface area contributed by atoms with Crippen molar-refractivity contribution in [3.8, 4) is 5.75 Å². The second kappa shape index (κ2) is 8.17. The lowest BCUT2D eigenvalue weighted by atomic mass is 10.1. The molecule has 0 aliphatic carbocycles. The van der Waals surface area contributed by atoms with Gasteiger partial charge in [-0.1, -0.05) is 6.08 Å². The van der Waals surface area contributed by atoms with Gasteiger partial charge in [-0.2, -0.15) is 9.45 Å². The number of hydrogen-bond acceptors (Lipinski definition) is 7. The van der Waals surface area contributed by atoms with Crippen molar-refractivity contribution in [2.45, 2.75) is 19.6 Å². The van der Waals surface area contributed by atoms with Crippen LogP contribution in [0.3, 0.4) is 0 Å². The van der Waals surface area contributed by atoms with E-state index in [-0.39, 0.29) is 18.2 Å². The summed E-state index contributed by atoms with van der Waals surface area (Å²) in [5.74, 6) is -0.856. The number of fused-ring (bicyclic) bond motifs is 1. The summed E-state index contributed by atoms with van der Waals surface area (Å²) in [6.45, 7) is 2.60. The summed E-state index contributed by atoms with van der Waals surface area (Å²) < 4.78 is 19.8. The highest BCUT2D eigenvalue weighted by atomic mass is 19.1. The molecule has 0 radical (unpaired) electrons. The normalized spacial score (nSPS) is 18.7. The van der Waals surface area contributed by atoms with Gasteiger partial charge in [-0.25, -0.2) is 4.98 Å². The first-order valence-electron chi connectivity index (χ1n) is 9.37. The number of nitrogens with one attached hydrogen (secondary N) is 2. The minimum atomic E-state index is -0.722. The van der Waals surface area contributed by atoms with E-state index in [4.69, 9.17) is 9.57 Å². The first-order valence-corrected chi connectivity index (χ1v) is 9.37. The Balaban J connectivity index is 1.43. The van der Waals surface area contributed by atoms with Crippen LogP contribution in [0.15, 0.2) is 30.5 Å². The van der Waals surface area contributed by atoms with Gasteiger partial charge in [-0.15, -0.1) is 0 Å². The third-order valence-electron chi connectivity index (χ3n) is 4.79. The Morgan fingerprint density at radius 2 is 2.27 bits per heavy atom. The van der Waals surface area contributed by atoms with Gasteiger partial charge in [0.1, 0.15) is 5.69 Å². The molecular weight excluding hydrogens is 393 g/mol. The predicted molar refractivity (Wildman–Crippen MR) is 105 cm³/mol. The van der Waals surface area contributed by atoms with Crippen LogP contribution in [0.25, 0.3) is 5.57 Å². The van der Waals surface area contributed by atoms with Crippen LogP contribution >= 0.6 is 0 Å². The molecule has 156 valence electrons. The van der Waals surface area contributed by atoms with E-state index in [0.29, 0.717) is 41.4 Å². The van der Waals surface area contributed by atoms with E-state index in [0.717, 1.165) is 0 Å². The van der Waals surface area contributed by atoms with Gasteiger partial charge >= 0.3 is 0 Å². The molecule has 0 aromatic carbocycles. The molecule has 2 N–H and O–H groups in total. The van der Waals surface area contributed by atoms with Gasteiger partial charge in [-0.05, 0) is 30.7 Å². The smallest absolute Gasteiger partial charge is 0.269 e. The lowest BCUT2D eigenvalue weighted by molar-refractivity contribution is -0.151. The quantitative estimate of drug-likeness (QED) is 0.732. The zero-order valence-corrected chi connectivity index (χ0v) is 16.4. The fourth-order valence-electron chi connectivity index (χ4n) is 3.13. The monoisotopic (exact) mass is 413 g/mol. The number of pyridine rings is 2. The lowest BCUT2D eigenvalue weighted by Crippen LogP contribution is -2.34. The van der Waals surface area contributed by atoms with Crippen LogP contribution in [0.4, 0.5) is 10.1 Å². The van der Waals surface area contributed by atoms with Gasteiger partial charge in [0, 0.05) is 19.2 Å². The SMILES string of the molecule is CNC(=O)c1ccc(C2=CCN(Cc3cc4c(cn3)OC(C)C(=O)N4)OC2)c(F)n1. The van der Waals surface area contributed by atoms with Crippen molar-refractivity contribution in [3.63, 3.8) is 0 Å². The Bertz CT molecular complexity index is 1040. The molecule has 2 aromatic heterocycles. The molecule has 1 atom stereocenters. The second-order valence-corrected chi connectivity index (χ2v) is 6.86. The number of halogens is 1. The van der Waals surface area contributed by atoms with Gasteiger partial charge in [0.25, 0.3) is 11.8 Å². The highest BCUT2D eigenvalue weighted by molar-refractivity contribution is 5.97. The van der Waals surface area contributed by atoms with Gasteiger partial charge in [0.05, 0.1) is 30.7 Å². The summed E-state index contributed by atoms with van der Waals surface area (Å²) in [7, 11) is 1.46. The maximum absolute atomic E-state index is 14.3. The molecule has 0 saturated heterocycles. The molecule has 0 saturated carbocycles. The van der Waals surface area contributed by atoms with Crippen molar-refractivity contribution < 1.29 is 23.6 Å². The maximum atomic E-state index is 14.3. The van der Waals surface area contributed by atoms with Crippen molar-refractivity contribution in [1.82, 2.24) is 20.3 Å². The summed E-state index contributed by atoms with van der Waals surface area (Å²) in [5.41, 5.74) is 2.21. The third-order valence-corrected chi connectivity index (χ3v) is 4.79. The fraction of sp³-hybridized carbons (Fsp3) is 0.300. The molecule has 4 rings (SSSR count). The van der Waals surface area contributed by atoms with Crippen LogP contribution in [0, 0.1) is 5.95 Å². The number of amides is 2. The number of anilines is 1. The largest absolute Gasteiger partial charge is 0.477 e. The van der Waals surface area contributed by atoms with Crippen LogP contribution in [0.1, 0.15) is 28.7 Å². The molecule has 9 nitrogen and oxygen atoms in total. The summed E-state index contributed by atoms with van der Waals surface area (Å²) >= 11 is 0. The fourth-order valence-corrected chi connectivity index (χ4v) is 3.13. The number of carbonyl (C=O) groups excluding carboxylic acids is 2. The Morgan fingerprint density at radius 3 is 2.97 bits per heavy atom. The number of aromatic nitrogens is 2. The zero-order valence-electron chi connectivity index (χ0n) is 16.4. The van der Waals surface area contributed by atoms with E-state index < -0.39 is 18.0 Å². The van der Waals surface area contributed by atoms with Crippen LogP contribution in [0.5, 0.6) is 5.75 Å². The molecule has 2 aliphatic rings. The lowest BCUT2D eigenvalue weighted by Gasteiger charge is -2.27. The number of hydroxylamine groups is 2. The van der Waals surface area contributed by atoms with Crippen molar-refractivity contribution in [2.24, 2.45) is 0 Å². The number of hydrogen-bond donors (Lipinski definition) is 2. The second-order valence-electron chi connectivity index (χ2n) is 6.86. The van der Waals surface area contributed by atoms with E-state index in [1.165, 1.54) is 19.2 Å². The van der Waals surface area contributed by atoms with E-state index in [2.05, 4.69) is 20.6 Å². The van der Waals surface area contributed by atoms with Gasteiger partial charge in [0.15, 0.2) is 11.9 Å².